The minimum absolute atomic E-state index is 0.142. The number of ether oxygens (including phenoxy) is 1. The fraction of sp³-hybridized carbons (Fsp3) is 0.367. The quantitative estimate of drug-likeness (QED) is 0.314. The summed E-state index contributed by atoms with van der Waals surface area (Å²) in [7, 11) is 0. The maximum absolute atomic E-state index is 15.1. The summed E-state index contributed by atoms with van der Waals surface area (Å²) in [5.74, 6) is 0.756. The minimum atomic E-state index is -0.582. The highest BCUT2D eigenvalue weighted by molar-refractivity contribution is 6.02. The van der Waals surface area contributed by atoms with E-state index in [1.165, 1.54) is 12.4 Å². The summed E-state index contributed by atoms with van der Waals surface area (Å²) in [5, 5.41) is 10.1. The molecular weight excluding hydrogens is 509 g/mol. The monoisotopic (exact) mass is 543 g/mol. The summed E-state index contributed by atoms with van der Waals surface area (Å²) in [6.07, 6.45) is 4.46. The fourth-order valence-corrected chi connectivity index (χ4v) is 4.71. The molecule has 40 heavy (non-hydrogen) atoms. The van der Waals surface area contributed by atoms with Crippen molar-refractivity contribution in [3.63, 3.8) is 0 Å². The SMILES string of the molecule is CC.CC1CN(c2ncnc3c2c(-c2ccccc2F)cn3-c2cc(C#N)ccn2)CCN1C(=O)OC(C)(C)C. The Morgan fingerprint density at radius 3 is 2.52 bits per heavy atom. The molecule has 0 saturated carbocycles. The Morgan fingerprint density at radius 1 is 1.10 bits per heavy atom. The number of carbonyl (C=O) groups excluding carboxylic acids is 1. The number of rotatable bonds is 3. The van der Waals surface area contributed by atoms with Gasteiger partial charge in [-0.05, 0) is 45.9 Å². The Balaban J connectivity index is 0.00000181. The predicted octanol–water partition coefficient (Wildman–Crippen LogP) is 5.97. The highest BCUT2D eigenvalue weighted by atomic mass is 19.1. The van der Waals surface area contributed by atoms with E-state index >= 15 is 4.39 Å². The van der Waals surface area contributed by atoms with Gasteiger partial charge in [-0.2, -0.15) is 5.26 Å². The first-order valence-corrected chi connectivity index (χ1v) is 13.4. The number of anilines is 1. The lowest BCUT2D eigenvalue weighted by atomic mass is 10.0. The van der Waals surface area contributed by atoms with Crippen LogP contribution in [0.4, 0.5) is 15.0 Å². The number of carbonyl (C=O) groups is 1. The van der Waals surface area contributed by atoms with Gasteiger partial charge < -0.3 is 14.5 Å². The summed E-state index contributed by atoms with van der Waals surface area (Å²) < 4.78 is 22.4. The first kappa shape index (κ1) is 28.5. The van der Waals surface area contributed by atoms with Crippen LogP contribution < -0.4 is 4.90 Å². The second-order valence-corrected chi connectivity index (χ2v) is 10.3. The number of aromatic nitrogens is 4. The van der Waals surface area contributed by atoms with Crippen molar-refractivity contribution in [2.45, 2.75) is 53.2 Å². The second kappa shape index (κ2) is 11.7. The number of piperazine rings is 1. The predicted molar refractivity (Wildman–Crippen MR) is 153 cm³/mol. The number of amides is 1. The second-order valence-electron chi connectivity index (χ2n) is 10.3. The van der Waals surface area contributed by atoms with Crippen molar-refractivity contribution >= 4 is 22.9 Å². The van der Waals surface area contributed by atoms with Crippen molar-refractivity contribution in [1.82, 2.24) is 24.4 Å². The molecule has 4 aromatic rings. The normalized spacial score (nSPS) is 15.3. The Morgan fingerprint density at radius 2 is 1.85 bits per heavy atom. The van der Waals surface area contributed by atoms with E-state index in [1.807, 2.05) is 41.5 Å². The zero-order chi connectivity index (χ0) is 29.0. The number of pyridine rings is 1. The standard InChI is InChI=1S/C28H28FN7O2.C2H6/c1-18-15-34(11-12-35(18)27(37)38-28(2,3)4)25-24-21(20-7-5-6-8-22(20)29)16-36(26(24)33-17-32-25)23-13-19(14-30)9-10-31-23;1-2/h5-10,13,16-18H,11-12,15H2,1-4H3;1-2H3. The van der Waals surface area contributed by atoms with Gasteiger partial charge in [-0.15, -0.1) is 0 Å². The van der Waals surface area contributed by atoms with Crippen molar-refractivity contribution in [2.75, 3.05) is 24.5 Å². The molecule has 0 radical (unpaired) electrons. The molecule has 10 heteroatoms. The maximum atomic E-state index is 15.1. The van der Waals surface area contributed by atoms with E-state index in [-0.39, 0.29) is 18.0 Å². The molecule has 1 unspecified atom stereocenters. The molecule has 9 nitrogen and oxygen atoms in total. The third-order valence-corrected chi connectivity index (χ3v) is 6.40. The first-order chi connectivity index (χ1) is 19.2. The Labute approximate surface area is 233 Å². The van der Waals surface area contributed by atoms with Gasteiger partial charge in [-0.1, -0.05) is 32.0 Å². The number of hydrogen-bond acceptors (Lipinski definition) is 7. The van der Waals surface area contributed by atoms with E-state index in [9.17, 15) is 10.1 Å². The molecule has 5 rings (SSSR count). The molecule has 1 saturated heterocycles. The average molecular weight is 544 g/mol. The number of nitriles is 1. The van der Waals surface area contributed by atoms with Crippen LogP contribution >= 0.6 is 0 Å². The molecule has 0 N–H and O–H groups in total. The lowest BCUT2D eigenvalue weighted by molar-refractivity contribution is 0.0158. The molecule has 1 amide bonds. The lowest BCUT2D eigenvalue weighted by Crippen LogP contribution is -2.55. The highest BCUT2D eigenvalue weighted by Gasteiger charge is 2.33. The largest absolute Gasteiger partial charge is 0.444 e. The van der Waals surface area contributed by atoms with Crippen molar-refractivity contribution < 1.29 is 13.9 Å². The third kappa shape index (κ3) is 5.73. The number of hydrogen-bond donors (Lipinski definition) is 0. The molecule has 0 spiro atoms. The average Bonchev–Trinajstić information content (AvgIpc) is 3.33. The van der Waals surface area contributed by atoms with E-state index in [4.69, 9.17) is 4.74 Å². The number of fused-ring (bicyclic) bond motifs is 1. The fourth-order valence-electron chi connectivity index (χ4n) is 4.71. The van der Waals surface area contributed by atoms with Gasteiger partial charge in [0.05, 0.1) is 17.0 Å². The molecule has 1 aliphatic heterocycles. The summed E-state index contributed by atoms with van der Waals surface area (Å²) in [6.45, 7) is 13.0. The summed E-state index contributed by atoms with van der Waals surface area (Å²) >= 11 is 0. The van der Waals surface area contributed by atoms with Crippen LogP contribution in [0.3, 0.4) is 0 Å². The van der Waals surface area contributed by atoms with Crippen molar-refractivity contribution in [3.05, 3.63) is 66.5 Å². The van der Waals surface area contributed by atoms with Gasteiger partial charge in [0.15, 0.2) is 5.65 Å². The van der Waals surface area contributed by atoms with E-state index in [0.717, 1.165) is 0 Å². The van der Waals surface area contributed by atoms with Crippen LogP contribution in [0, 0.1) is 17.1 Å². The molecule has 4 heterocycles. The van der Waals surface area contributed by atoms with Gasteiger partial charge >= 0.3 is 6.09 Å². The molecule has 3 aromatic heterocycles. The van der Waals surface area contributed by atoms with Gasteiger partial charge in [0.1, 0.15) is 29.4 Å². The van der Waals surface area contributed by atoms with Gasteiger partial charge in [-0.3, -0.25) is 4.57 Å². The number of benzene rings is 1. The van der Waals surface area contributed by atoms with Gasteiger partial charge in [0, 0.05) is 49.2 Å². The number of halogens is 1. The molecule has 1 atom stereocenters. The lowest BCUT2D eigenvalue weighted by Gasteiger charge is -2.40. The molecule has 1 aromatic carbocycles. The van der Waals surface area contributed by atoms with Crippen LogP contribution in [-0.4, -0.2) is 61.8 Å². The van der Waals surface area contributed by atoms with Crippen molar-refractivity contribution in [1.29, 1.82) is 5.26 Å². The zero-order valence-electron chi connectivity index (χ0n) is 23.7. The van der Waals surface area contributed by atoms with Gasteiger partial charge in [0.25, 0.3) is 0 Å². The molecular formula is C30H34FN7O2. The Bertz CT molecular complexity index is 1550. The molecule has 1 aliphatic rings. The molecule has 208 valence electrons. The van der Waals surface area contributed by atoms with Crippen LogP contribution in [-0.2, 0) is 4.74 Å². The summed E-state index contributed by atoms with van der Waals surface area (Å²) in [4.78, 5) is 30.2. The molecule has 0 bridgehead atoms. The first-order valence-electron chi connectivity index (χ1n) is 13.4. The third-order valence-electron chi connectivity index (χ3n) is 6.40. The zero-order valence-corrected chi connectivity index (χ0v) is 23.7. The van der Waals surface area contributed by atoms with Gasteiger partial charge in [0.2, 0.25) is 0 Å². The Hall–Kier alpha value is -4.52. The Kier molecular flexibility index (Phi) is 8.33. The molecule has 0 aliphatic carbocycles. The minimum Gasteiger partial charge on any atom is -0.444 e. The van der Waals surface area contributed by atoms with E-state index in [2.05, 4.69) is 25.9 Å². The van der Waals surface area contributed by atoms with Crippen LogP contribution in [0.1, 0.15) is 47.1 Å². The van der Waals surface area contributed by atoms with Gasteiger partial charge in [-0.25, -0.2) is 24.1 Å². The van der Waals surface area contributed by atoms with E-state index in [1.54, 1.807) is 52.2 Å². The van der Waals surface area contributed by atoms with E-state index in [0.29, 0.717) is 59.0 Å². The topological polar surface area (TPSA) is 100 Å². The van der Waals surface area contributed by atoms with E-state index < -0.39 is 5.60 Å². The number of nitrogens with zero attached hydrogens (tertiary/aromatic N) is 7. The van der Waals surface area contributed by atoms with Crippen molar-refractivity contribution in [3.8, 4) is 23.0 Å². The van der Waals surface area contributed by atoms with Crippen LogP contribution in [0.25, 0.3) is 28.0 Å². The summed E-state index contributed by atoms with van der Waals surface area (Å²) in [5.41, 5.74) is 1.43. The molecule has 1 fully saturated rings. The highest BCUT2D eigenvalue weighted by Crippen LogP contribution is 2.38. The maximum Gasteiger partial charge on any atom is 0.410 e. The van der Waals surface area contributed by atoms with Crippen LogP contribution in [0.15, 0.2) is 55.1 Å². The van der Waals surface area contributed by atoms with Crippen molar-refractivity contribution in [2.24, 2.45) is 0 Å². The van der Waals surface area contributed by atoms with Crippen LogP contribution in [0.2, 0.25) is 0 Å². The smallest absolute Gasteiger partial charge is 0.410 e. The summed E-state index contributed by atoms with van der Waals surface area (Å²) in [6, 6.07) is 11.8. The van der Waals surface area contributed by atoms with Crippen LogP contribution in [0.5, 0.6) is 0 Å².